The summed E-state index contributed by atoms with van der Waals surface area (Å²) in [4.78, 5) is 2.19. The first-order valence-electron chi connectivity index (χ1n) is 5.69. The maximum Gasteiger partial charge on any atom is 0.139 e. The standard InChI is InChI=1S/C11H26N4O/c1-11(2,9-15(3)4)8-13-7-5-6-10(12)14-16/h13,16H,5-9H2,1-4H3,(H2,12,14). The van der Waals surface area contributed by atoms with E-state index in [0.717, 1.165) is 26.1 Å². The maximum atomic E-state index is 8.36. The van der Waals surface area contributed by atoms with Gasteiger partial charge in [0.05, 0.1) is 0 Å². The van der Waals surface area contributed by atoms with Gasteiger partial charge in [-0.1, -0.05) is 19.0 Å². The molecule has 5 nitrogen and oxygen atoms in total. The van der Waals surface area contributed by atoms with Gasteiger partial charge < -0.3 is 21.2 Å². The van der Waals surface area contributed by atoms with Gasteiger partial charge >= 0.3 is 0 Å². The second-order valence-electron chi connectivity index (χ2n) is 5.27. The van der Waals surface area contributed by atoms with Crippen LogP contribution >= 0.6 is 0 Å². The summed E-state index contributed by atoms with van der Waals surface area (Å²) >= 11 is 0. The van der Waals surface area contributed by atoms with E-state index in [0.29, 0.717) is 12.3 Å². The average Bonchev–Trinajstić information content (AvgIpc) is 2.14. The molecule has 16 heavy (non-hydrogen) atoms. The number of rotatable bonds is 8. The van der Waals surface area contributed by atoms with Gasteiger partial charge in [-0.25, -0.2) is 0 Å². The van der Waals surface area contributed by atoms with E-state index in [4.69, 9.17) is 10.9 Å². The summed E-state index contributed by atoms with van der Waals surface area (Å²) in [7, 11) is 4.17. The molecule has 0 spiro atoms. The summed E-state index contributed by atoms with van der Waals surface area (Å²) in [5.41, 5.74) is 5.64. The molecule has 0 saturated heterocycles. The Kier molecular flexibility index (Phi) is 7.08. The van der Waals surface area contributed by atoms with Crippen molar-refractivity contribution in [3.8, 4) is 0 Å². The average molecular weight is 230 g/mol. The molecule has 0 aliphatic rings. The van der Waals surface area contributed by atoms with Crippen molar-refractivity contribution in [2.24, 2.45) is 16.3 Å². The van der Waals surface area contributed by atoms with Gasteiger partial charge in [-0.2, -0.15) is 0 Å². The molecule has 0 atom stereocenters. The third kappa shape index (κ3) is 8.49. The van der Waals surface area contributed by atoms with Gasteiger partial charge in [0.15, 0.2) is 0 Å². The molecule has 0 aliphatic carbocycles. The minimum absolute atomic E-state index is 0.264. The minimum Gasteiger partial charge on any atom is -0.409 e. The molecule has 0 aromatic carbocycles. The van der Waals surface area contributed by atoms with Gasteiger partial charge in [0.2, 0.25) is 0 Å². The van der Waals surface area contributed by atoms with Gasteiger partial charge in [0.25, 0.3) is 0 Å². The first-order valence-corrected chi connectivity index (χ1v) is 5.69. The monoisotopic (exact) mass is 230 g/mol. The maximum absolute atomic E-state index is 8.36. The molecule has 0 radical (unpaired) electrons. The zero-order valence-electron chi connectivity index (χ0n) is 11.0. The summed E-state index contributed by atoms with van der Waals surface area (Å²) in [5.74, 6) is 0.300. The van der Waals surface area contributed by atoms with Crippen molar-refractivity contribution >= 4 is 5.84 Å². The molecule has 0 aliphatic heterocycles. The largest absolute Gasteiger partial charge is 0.409 e. The van der Waals surface area contributed by atoms with Crippen molar-refractivity contribution in [1.82, 2.24) is 10.2 Å². The third-order valence-corrected chi connectivity index (χ3v) is 2.26. The minimum atomic E-state index is 0.264. The molecule has 0 bridgehead atoms. The lowest BCUT2D eigenvalue weighted by Crippen LogP contribution is -2.38. The van der Waals surface area contributed by atoms with E-state index in [1.807, 2.05) is 0 Å². The van der Waals surface area contributed by atoms with E-state index in [-0.39, 0.29) is 5.41 Å². The smallest absolute Gasteiger partial charge is 0.139 e. The lowest BCUT2D eigenvalue weighted by Gasteiger charge is -2.28. The van der Waals surface area contributed by atoms with Crippen LogP contribution in [0.15, 0.2) is 5.16 Å². The number of amidine groups is 1. The molecule has 0 rings (SSSR count). The van der Waals surface area contributed by atoms with E-state index in [2.05, 4.69) is 43.3 Å². The fraction of sp³-hybridized carbons (Fsp3) is 0.909. The van der Waals surface area contributed by atoms with Gasteiger partial charge in [0, 0.05) is 19.5 Å². The Hall–Kier alpha value is -0.810. The van der Waals surface area contributed by atoms with E-state index in [1.165, 1.54) is 0 Å². The Labute approximate surface area is 98.7 Å². The normalized spacial score (nSPS) is 13.4. The summed E-state index contributed by atoms with van der Waals surface area (Å²) in [6, 6.07) is 0. The fourth-order valence-electron chi connectivity index (χ4n) is 1.78. The Morgan fingerprint density at radius 2 is 2.06 bits per heavy atom. The number of hydrogen-bond donors (Lipinski definition) is 3. The van der Waals surface area contributed by atoms with E-state index in [1.54, 1.807) is 0 Å². The first-order chi connectivity index (χ1) is 7.37. The molecule has 4 N–H and O–H groups in total. The zero-order chi connectivity index (χ0) is 12.6. The van der Waals surface area contributed by atoms with Crippen LogP contribution in [0.1, 0.15) is 26.7 Å². The molecular formula is C11H26N4O. The van der Waals surface area contributed by atoms with Crippen molar-refractivity contribution in [3.63, 3.8) is 0 Å². The fourth-order valence-corrected chi connectivity index (χ4v) is 1.78. The summed E-state index contributed by atoms with van der Waals surface area (Å²) in [6.45, 7) is 7.40. The van der Waals surface area contributed by atoms with E-state index >= 15 is 0 Å². The van der Waals surface area contributed by atoms with Crippen LogP contribution in [0.5, 0.6) is 0 Å². The van der Waals surface area contributed by atoms with Crippen molar-refractivity contribution in [2.75, 3.05) is 33.7 Å². The highest BCUT2D eigenvalue weighted by Gasteiger charge is 2.17. The van der Waals surface area contributed by atoms with Crippen LogP contribution < -0.4 is 11.1 Å². The lowest BCUT2D eigenvalue weighted by molar-refractivity contribution is 0.233. The Morgan fingerprint density at radius 3 is 2.56 bits per heavy atom. The van der Waals surface area contributed by atoms with Crippen molar-refractivity contribution in [3.05, 3.63) is 0 Å². The molecule has 0 aromatic rings. The Bertz CT molecular complexity index is 214. The van der Waals surface area contributed by atoms with Crippen LogP contribution in [0.3, 0.4) is 0 Å². The van der Waals surface area contributed by atoms with Crippen molar-refractivity contribution < 1.29 is 5.21 Å². The van der Waals surface area contributed by atoms with E-state index in [9.17, 15) is 0 Å². The highest BCUT2D eigenvalue weighted by Crippen LogP contribution is 2.13. The van der Waals surface area contributed by atoms with Crippen LogP contribution in [0, 0.1) is 5.41 Å². The van der Waals surface area contributed by atoms with Crippen molar-refractivity contribution in [2.45, 2.75) is 26.7 Å². The zero-order valence-corrected chi connectivity index (χ0v) is 11.0. The Balaban J connectivity index is 3.58. The second kappa shape index (κ2) is 7.46. The Morgan fingerprint density at radius 1 is 1.44 bits per heavy atom. The SMILES string of the molecule is CN(C)CC(C)(C)CNCCCC(N)=NO. The number of nitrogens with two attached hydrogens (primary N) is 1. The molecular weight excluding hydrogens is 204 g/mol. The second-order valence-corrected chi connectivity index (χ2v) is 5.27. The van der Waals surface area contributed by atoms with Crippen LogP contribution in [0.25, 0.3) is 0 Å². The number of nitrogens with one attached hydrogen (secondary N) is 1. The lowest BCUT2D eigenvalue weighted by atomic mass is 9.93. The van der Waals surface area contributed by atoms with Gasteiger partial charge in [-0.15, -0.1) is 0 Å². The highest BCUT2D eigenvalue weighted by atomic mass is 16.4. The number of nitrogens with zero attached hydrogens (tertiary/aromatic N) is 2. The van der Waals surface area contributed by atoms with Crippen LogP contribution in [0.2, 0.25) is 0 Å². The molecule has 0 saturated carbocycles. The van der Waals surface area contributed by atoms with Crippen LogP contribution in [-0.4, -0.2) is 49.7 Å². The predicted molar refractivity (Wildman–Crippen MR) is 67.8 cm³/mol. The highest BCUT2D eigenvalue weighted by molar-refractivity contribution is 5.79. The molecule has 0 aromatic heterocycles. The third-order valence-electron chi connectivity index (χ3n) is 2.26. The number of hydrogen-bond acceptors (Lipinski definition) is 4. The molecule has 0 unspecified atom stereocenters. The van der Waals surface area contributed by atoms with Crippen LogP contribution in [-0.2, 0) is 0 Å². The number of oxime groups is 1. The quantitative estimate of drug-likeness (QED) is 0.189. The molecule has 0 amide bonds. The summed E-state index contributed by atoms with van der Waals surface area (Å²) in [6.07, 6.45) is 1.53. The predicted octanol–water partition coefficient (Wildman–Crippen LogP) is 0.690. The summed E-state index contributed by atoms with van der Waals surface area (Å²) in [5, 5.41) is 14.7. The summed E-state index contributed by atoms with van der Waals surface area (Å²) < 4.78 is 0. The molecule has 0 fully saturated rings. The van der Waals surface area contributed by atoms with Crippen LogP contribution in [0.4, 0.5) is 0 Å². The van der Waals surface area contributed by atoms with Gasteiger partial charge in [-0.3, -0.25) is 0 Å². The molecule has 5 heteroatoms. The topological polar surface area (TPSA) is 73.9 Å². The molecule has 0 heterocycles. The van der Waals surface area contributed by atoms with E-state index < -0.39 is 0 Å². The van der Waals surface area contributed by atoms with Gasteiger partial charge in [-0.05, 0) is 32.5 Å². The van der Waals surface area contributed by atoms with Crippen molar-refractivity contribution in [1.29, 1.82) is 0 Å². The first kappa shape index (κ1) is 15.2. The van der Waals surface area contributed by atoms with Gasteiger partial charge in [0.1, 0.15) is 5.84 Å². The molecule has 96 valence electrons.